The molecule has 35 heavy (non-hydrogen) atoms. The number of benzene rings is 4. The summed E-state index contributed by atoms with van der Waals surface area (Å²) in [5, 5.41) is 0. The summed E-state index contributed by atoms with van der Waals surface area (Å²) in [7, 11) is 0. The number of fused-ring (bicyclic) bond motifs is 3. The minimum absolute atomic E-state index is 0.0712. The highest BCUT2D eigenvalue weighted by Gasteiger charge is 2.32. The van der Waals surface area contributed by atoms with Gasteiger partial charge in [-0.25, -0.2) is 0 Å². The average Bonchev–Trinajstić information content (AvgIpc) is 3.19. The second-order valence-electron chi connectivity index (χ2n) is 8.01. The van der Waals surface area contributed by atoms with E-state index >= 15 is 0 Å². The van der Waals surface area contributed by atoms with E-state index in [2.05, 4.69) is 0 Å². The number of rotatable bonds is 4. The van der Waals surface area contributed by atoms with E-state index in [0.717, 1.165) is 41.0 Å². The summed E-state index contributed by atoms with van der Waals surface area (Å²) >= 11 is 0. The standard InChI is InChI=1S/C27H16F6O2/c28-26(29,30)17-6-3-8-19(14-17)34-24-12-11-22-21-10-2-1-5-16(21)13-23(22)25(24)35-20-9-4-7-18(15-20)27(31,32)33/h1-12,14-15H,13H2. The molecule has 0 N–H and O–H groups in total. The van der Waals surface area contributed by atoms with E-state index < -0.39 is 23.5 Å². The lowest BCUT2D eigenvalue weighted by Crippen LogP contribution is -2.05. The predicted molar refractivity (Wildman–Crippen MR) is 118 cm³/mol. The smallest absolute Gasteiger partial charge is 0.416 e. The fourth-order valence-electron chi connectivity index (χ4n) is 4.07. The van der Waals surface area contributed by atoms with Crippen LogP contribution in [0.25, 0.3) is 11.1 Å². The van der Waals surface area contributed by atoms with Gasteiger partial charge in [0.15, 0.2) is 11.5 Å². The highest BCUT2D eigenvalue weighted by atomic mass is 19.4. The van der Waals surface area contributed by atoms with Crippen molar-refractivity contribution in [2.75, 3.05) is 0 Å². The Balaban J connectivity index is 1.59. The molecule has 0 aliphatic heterocycles. The minimum Gasteiger partial charge on any atom is -0.453 e. The molecule has 0 unspecified atom stereocenters. The molecule has 1 aliphatic rings. The molecular weight excluding hydrogens is 470 g/mol. The van der Waals surface area contributed by atoms with Gasteiger partial charge in [0.1, 0.15) is 11.5 Å². The maximum Gasteiger partial charge on any atom is 0.416 e. The Morgan fingerprint density at radius 2 is 1.17 bits per heavy atom. The quantitative estimate of drug-likeness (QED) is 0.236. The monoisotopic (exact) mass is 486 g/mol. The Bertz CT molecular complexity index is 1410. The zero-order chi connectivity index (χ0) is 24.8. The van der Waals surface area contributed by atoms with E-state index in [1.807, 2.05) is 24.3 Å². The predicted octanol–water partition coefficient (Wildman–Crippen LogP) is 8.88. The summed E-state index contributed by atoms with van der Waals surface area (Å²) < 4.78 is 90.9. The minimum atomic E-state index is -4.56. The van der Waals surface area contributed by atoms with Gasteiger partial charge >= 0.3 is 12.4 Å². The lowest BCUT2D eigenvalue weighted by Gasteiger charge is -2.17. The summed E-state index contributed by atoms with van der Waals surface area (Å²) in [6.45, 7) is 0. The third-order valence-electron chi connectivity index (χ3n) is 5.67. The van der Waals surface area contributed by atoms with Crippen LogP contribution in [0.4, 0.5) is 26.3 Å². The van der Waals surface area contributed by atoms with Gasteiger partial charge in [0.25, 0.3) is 0 Å². The first-order valence-electron chi connectivity index (χ1n) is 10.5. The molecule has 0 amide bonds. The molecule has 0 saturated carbocycles. The van der Waals surface area contributed by atoms with Crippen LogP contribution in [0.1, 0.15) is 22.3 Å². The topological polar surface area (TPSA) is 18.5 Å². The normalized spacial score (nSPS) is 12.7. The number of hydrogen-bond donors (Lipinski definition) is 0. The van der Waals surface area contributed by atoms with E-state index in [0.29, 0.717) is 12.0 Å². The van der Waals surface area contributed by atoms with Crippen molar-refractivity contribution in [1.29, 1.82) is 0 Å². The molecule has 178 valence electrons. The first kappa shape index (κ1) is 22.8. The highest BCUT2D eigenvalue weighted by Crippen LogP contribution is 2.48. The van der Waals surface area contributed by atoms with Crippen LogP contribution in [0.15, 0.2) is 84.9 Å². The van der Waals surface area contributed by atoms with E-state index in [-0.39, 0.29) is 23.0 Å². The van der Waals surface area contributed by atoms with Gasteiger partial charge in [-0.05, 0) is 59.2 Å². The first-order valence-corrected chi connectivity index (χ1v) is 10.5. The molecule has 0 heterocycles. The highest BCUT2D eigenvalue weighted by molar-refractivity contribution is 5.81. The molecule has 4 aromatic carbocycles. The fourth-order valence-corrected chi connectivity index (χ4v) is 4.07. The van der Waals surface area contributed by atoms with E-state index in [1.165, 1.54) is 24.3 Å². The van der Waals surface area contributed by atoms with Gasteiger partial charge in [-0.3, -0.25) is 0 Å². The molecule has 2 nitrogen and oxygen atoms in total. The van der Waals surface area contributed by atoms with Gasteiger partial charge in [-0.1, -0.05) is 42.5 Å². The molecule has 0 saturated heterocycles. The second-order valence-corrected chi connectivity index (χ2v) is 8.01. The molecule has 0 spiro atoms. The zero-order valence-electron chi connectivity index (χ0n) is 17.9. The van der Waals surface area contributed by atoms with Gasteiger partial charge < -0.3 is 9.47 Å². The molecule has 8 heteroatoms. The van der Waals surface area contributed by atoms with Crippen LogP contribution in [0.2, 0.25) is 0 Å². The van der Waals surface area contributed by atoms with Gasteiger partial charge in [0.05, 0.1) is 11.1 Å². The van der Waals surface area contributed by atoms with Crippen LogP contribution in [0, 0.1) is 0 Å². The SMILES string of the molecule is FC(F)(F)c1cccc(Oc2ccc3c(c2Oc2cccc(C(F)(F)F)c2)Cc2ccccc2-3)c1. The third kappa shape index (κ3) is 4.56. The van der Waals surface area contributed by atoms with Gasteiger partial charge in [-0.2, -0.15) is 26.3 Å². The lowest BCUT2D eigenvalue weighted by molar-refractivity contribution is -0.138. The molecule has 1 aliphatic carbocycles. The van der Waals surface area contributed by atoms with Crippen molar-refractivity contribution in [1.82, 2.24) is 0 Å². The Morgan fingerprint density at radius 3 is 1.80 bits per heavy atom. The summed E-state index contributed by atoms with van der Waals surface area (Å²) in [5.74, 6) is 0.0889. The number of halogens is 6. The third-order valence-corrected chi connectivity index (χ3v) is 5.67. The molecule has 0 radical (unpaired) electrons. The summed E-state index contributed by atoms with van der Waals surface area (Å²) in [6, 6.07) is 19.7. The maximum atomic E-state index is 13.2. The second kappa shape index (κ2) is 8.37. The molecule has 0 aromatic heterocycles. The van der Waals surface area contributed by atoms with Crippen LogP contribution in [-0.4, -0.2) is 0 Å². The molecule has 0 bridgehead atoms. The van der Waals surface area contributed by atoms with Crippen molar-refractivity contribution in [3.8, 4) is 34.1 Å². The molecule has 4 aromatic rings. The van der Waals surface area contributed by atoms with Crippen molar-refractivity contribution >= 4 is 0 Å². The molecule has 0 fully saturated rings. The van der Waals surface area contributed by atoms with Crippen LogP contribution >= 0.6 is 0 Å². The van der Waals surface area contributed by atoms with Gasteiger partial charge in [-0.15, -0.1) is 0 Å². The summed E-state index contributed by atoms with van der Waals surface area (Å²) in [6.07, 6.45) is -8.69. The number of ether oxygens (including phenoxy) is 2. The van der Waals surface area contributed by atoms with Gasteiger partial charge in [0, 0.05) is 12.0 Å². The molecular formula is C27H16F6O2. The van der Waals surface area contributed by atoms with Crippen molar-refractivity contribution in [2.45, 2.75) is 18.8 Å². The largest absolute Gasteiger partial charge is 0.453 e. The average molecular weight is 486 g/mol. The Morgan fingerprint density at radius 1 is 0.571 bits per heavy atom. The summed E-state index contributed by atoms with van der Waals surface area (Å²) in [5.41, 5.74) is 1.66. The van der Waals surface area contributed by atoms with Crippen LogP contribution in [0.5, 0.6) is 23.0 Å². The Kier molecular flexibility index (Phi) is 5.46. The summed E-state index contributed by atoms with van der Waals surface area (Å²) in [4.78, 5) is 0. The van der Waals surface area contributed by atoms with Crippen molar-refractivity contribution in [2.24, 2.45) is 0 Å². The number of hydrogen-bond acceptors (Lipinski definition) is 2. The van der Waals surface area contributed by atoms with E-state index in [9.17, 15) is 26.3 Å². The van der Waals surface area contributed by atoms with E-state index in [4.69, 9.17) is 9.47 Å². The van der Waals surface area contributed by atoms with Crippen molar-refractivity contribution < 1.29 is 35.8 Å². The van der Waals surface area contributed by atoms with E-state index in [1.54, 1.807) is 12.1 Å². The Labute approximate surface area is 196 Å². The van der Waals surface area contributed by atoms with Crippen molar-refractivity contribution in [3.05, 3.63) is 107 Å². The van der Waals surface area contributed by atoms with Crippen LogP contribution in [0.3, 0.4) is 0 Å². The van der Waals surface area contributed by atoms with Crippen molar-refractivity contribution in [3.63, 3.8) is 0 Å². The fraction of sp³-hybridized carbons (Fsp3) is 0.111. The van der Waals surface area contributed by atoms with Gasteiger partial charge in [0.2, 0.25) is 0 Å². The first-order chi connectivity index (χ1) is 16.6. The zero-order valence-corrected chi connectivity index (χ0v) is 17.9. The lowest BCUT2D eigenvalue weighted by atomic mass is 10.0. The Hall–Kier alpha value is -3.94. The molecule has 0 atom stereocenters. The number of alkyl halides is 6. The van der Waals surface area contributed by atoms with Crippen LogP contribution < -0.4 is 9.47 Å². The maximum absolute atomic E-state index is 13.2. The van der Waals surface area contributed by atoms with Crippen LogP contribution in [-0.2, 0) is 18.8 Å². The molecule has 5 rings (SSSR count).